The third kappa shape index (κ3) is 2.55. The average molecular weight is 291 g/mol. The number of nitrogens with zero attached hydrogens (tertiary/aromatic N) is 1. The summed E-state index contributed by atoms with van der Waals surface area (Å²) in [7, 11) is 0. The molecule has 0 aromatic carbocycles. The maximum Gasteiger partial charge on any atom is 0.249 e. The Labute approximate surface area is 99.4 Å². The predicted octanol–water partition coefficient (Wildman–Crippen LogP) is 2.83. The SMILES string of the molecule is O=C(Nc1cc(Br)ccn1)C1CC(F)(F)C1. The van der Waals surface area contributed by atoms with E-state index in [1.165, 1.54) is 6.20 Å². The molecule has 0 aliphatic heterocycles. The van der Waals surface area contributed by atoms with Gasteiger partial charge in [0.15, 0.2) is 0 Å². The monoisotopic (exact) mass is 290 g/mol. The molecule has 1 heterocycles. The van der Waals surface area contributed by atoms with Gasteiger partial charge in [-0.2, -0.15) is 0 Å². The van der Waals surface area contributed by atoms with Gasteiger partial charge >= 0.3 is 0 Å². The first-order valence-corrected chi connectivity index (χ1v) is 5.56. The topological polar surface area (TPSA) is 42.0 Å². The fourth-order valence-corrected chi connectivity index (χ4v) is 1.88. The zero-order valence-corrected chi connectivity index (χ0v) is 9.80. The highest BCUT2D eigenvalue weighted by atomic mass is 79.9. The fraction of sp³-hybridized carbons (Fsp3) is 0.400. The summed E-state index contributed by atoms with van der Waals surface area (Å²) >= 11 is 3.23. The van der Waals surface area contributed by atoms with Crippen LogP contribution < -0.4 is 5.32 Å². The van der Waals surface area contributed by atoms with E-state index in [0.717, 1.165) is 4.47 Å². The van der Waals surface area contributed by atoms with Crippen molar-refractivity contribution in [2.24, 2.45) is 5.92 Å². The Morgan fingerprint density at radius 2 is 2.25 bits per heavy atom. The third-order valence-electron chi connectivity index (χ3n) is 2.43. The summed E-state index contributed by atoms with van der Waals surface area (Å²) in [6, 6.07) is 3.34. The van der Waals surface area contributed by atoms with E-state index < -0.39 is 17.7 Å². The van der Waals surface area contributed by atoms with Crippen molar-refractivity contribution in [2.75, 3.05) is 5.32 Å². The van der Waals surface area contributed by atoms with Crippen LogP contribution >= 0.6 is 15.9 Å². The van der Waals surface area contributed by atoms with Crippen molar-refractivity contribution in [3.8, 4) is 0 Å². The van der Waals surface area contributed by atoms with E-state index in [4.69, 9.17) is 0 Å². The number of amides is 1. The van der Waals surface area contributed by atoms with E-state index in [2.05, 4.69) is 26.2 Å². The Hall–Kier alpha value is -1.04. The lowest BCUT2D eigenvalue weighted by Crippen LogP contribution is -2.42. The molecule has 1 saturated carbocycles. The number of nitrogens with one attached hydrogen (secondary N) is 1. The van der Waals surface area contributed by atoms with Gasteiger partial charge in [-0.05, 0) is 12.1 Å². The molecule has 0 spiro atoms. The number of hydrogen-bond acceptors (Lipinski definition) is 2. The maximum absolute atomic E-state index is 12.5. The van der Waals surface area contributed by atoms with Crippen LogP contribution in [0.1, 0.15) is 12.8 Å². The molecular formula is C10H9BrF2N2O. The van der Waals surface area contributed by atoms with E-state index in [0.29, 0.717) is 5.82 Å². The van der Waals surface area contributed by atoms with Gasteiger partial charge in [0.25, 0.3) is 0 Å². The second-order valence-corrected chi connectivity index (χ2v) is 4.73. The Bertz CT molecular complexity index is 417. The zero-order chi connectivity index (χ0) is 11.8. The van der Waals surface area contributed by atoms with Crippen molar-refractivity contribution in [1.82, 2.24) is 4.98 Å². The zero-order valence-electron chi connectivity index (χ0n) is 8.21. The minimum Gasteiger partial charge on any atom is -0.310 e. The molecule has 6 heteroatoms. The molecule has 0 bridgehead atoms. The molecule has 1 fully saturated rings. The van der Waals surface area contributed by atoms with Crippen LogP contribution in [0.25, 0.3) is 0 Å². The molecule has 1 aliphatic carbocycles. The number of hydrogen-bond donors (Lipinski definition) is 1. The number of rotatable bonds is 2. The quantitative estimate of drug-likeness (QED) is 0.910. The molecule has 1 aromatic rings. The maximum atomic E-state index is 12.5. The highest BCUT2D eigenvalue weighted by molar-refractivity contribution is 9.10. The molecule has 86 valence electrons. The van der Waals surface area contributed by atoms with Crippen molar-refractivity contribution in [3.63, 3.8) is 0 Å². The largest absolute Gasteiger partial charge is 0.310 e. The smallest absolute Gasteiger partial charge is 0.249 e. The first-order valence-electron chi connectivity index (χ1n) is 4.76. The number of alkyl halides is 2. The predicted molar refractivity (Wildman–Crippen MR) is 58.2 cm³/mol. The van der Waals surface area contributed by atoms with Crippen LogP contribution in [0.15, 0.2) is 22.8 Å². The van der Waals surface area contributed by atoms with Gasteiger partial charge in [0.2, 0.25) is 11.8 Å². The number of aromatic nitrogens is 1. The molecule has 0 saturated heterocycles. The molecule has 1 N–H and O–H groups in total. The minimum atomic E-state index is -2.67. The van der Waals surface area contributed by atoms with E-state index >= 15 is 0 Å². The van der Waals surface area contributed by atoms with Gasteiger partial charge in [-0.1, -0.05) is 15.9 Å². The summed E-state index contributed by atoms with van der Waals surface area (Å²) in [5.74, 6) is -3.30. The molecule has 0 atom stereocenters. The molecule has 0 unspecified atom stereocenters. The van der Waals surface area contributed by atoms with Gasteiger partial charge in [-0.25, -0.2) is 13.8 Å². The summed E-state index contributed by atoms with van der Waals surface area (Å²) in [6.45, 7) is 0. The average Bonchev–Trinajstić information content (AvgIpc) is 2.13. The highest BCUT2D eigenvalue weighted by Gasteiger charge is 2.48. The molecule has 16 heavy (non-hydrogen) atoms. The van der Waals surface area contributed by atoms with Crippen LogP contribution in [0, 0.1) is 5.92 Å². The number of anilines is 1. The van der Waals surface area contributed by atoms with Gasteiger partial charge in [0, 0.05) is 29.4 Å². The van der Waals surface area contributed by atoms with Gasteiger partial charge in [0.1, 0.15) is 5.82 Å². The summed E-state index contributed by atoms with van der Waals surface area (Å²) in [4.78, 5) is 15.4. The molecule has 1 aromatic heterocycles. The van der Waals surface area contributed by atoms with E-state index in [-0.39, 0.29) is 12.8 Å². The van der Waals surface area contributed by atoms with Crippen LogP contribution in [0.2, 0.25) is 0 Å². The van der Waals surface area contributed by atoms with Crippen LogP contribution in [0.4, 0.5) is 14.6 Å². The second kappa shape index (κ2) is 4.08. The van der Waals surface area contributed by atoms with Crippen molar-refractivity contribution in [1.29, 1.82) is 0 Å². The lowest BCUT2D eigenvalue weighted by atomic mass is 9.81. The van der Waals surface area contributed by atoms with Crippen molar-refractivity contribution >= 4 is 27.7 Å². The minimum absolute atomic E-state index is 0.368. The number of halogens is 3. The van der Waals surface area contributed by atoms with E-state index in [1.54, 1.807) is 12.1 Å². The Morgan fingerprint density at radius 3 is 2.81 bits per heavy atom. The summed E-state index contributed by atoms with van der Waals surface area (Å²) in [5, 5.41) is 2.51. The van der Waals surface area contributed by atoms with E-state index in [9.17, 15) is 13.6 Å². The molecule has 1 aliphatic rings. The third-order valence-corrected chi connectivity index (χ3v) is 2.93. The van der Waals surface area contributed by atoms with Crippen LogP contribution in [0.3, 0.4) is 0 Å². The summed E-state index contributed by atoms with van der Waals surface area (Å²) in [6.07, 6.45) is 0.786. The number of carbonyl (C=O) groups is 1. The Kier molecular flexibility index (Phi) is 2.92. The van der Waals surface area contributed by atoms with Gasteiger partial charge in [-0.15, -0.1) is 0 Å². The van der Waals surface area contributed by atoms with Crippen molar-refractivity contribution in [3.05, 3.63) is 22.8 Å². The number of carbonyl (C=O) groups excluding carboxylic acids is 1. The summed E-state index contributed by atoms with van der Waals surface area (Å²) in [5.41, 5.74) is 0. The van der Waals surface area contributed by atoms with Crippen LogP contribution in [0.5, 0.6) is 0 Å². The number of pyridine rings is 1. The molecule has 0 radical (unpaired) electrons. The van der Waals surface area contributed by atoms with Crippen LogP contribution in [-0.2, 0) is 4.79 Å². The van der Waals surface area contributed by atoms with Gasteiger partial charge < -0.3 is 5.32 Å². The molecular weight excluding hydrogens is 282 g/mol. The Balaban J connectivity index is 1.94. The first kappa shape index (κ1) is 11.4. The lowest BCUT2D eigenvalue weighted by Gasteiger charge is -2.33. The van der Waals surface area contributed by atoms with Gasteiger partial charge in [0.05, 0.1) is 0 Å². The van der Waals surface area contributed by atoms with Gasteiger partial charge in [-0.3, -0.25) is 4.79 Å². The summed E-state index contributed by atoms with van der Waals surface area (Å²) < 4.78 is 25.9. The van der Waals surface area contributed by atoms with Crippen LogP contribution in [-0.4, -0.2) is 16.8 Å². The Morgan fingerprint density at radius 1 is 1.56 bits per heavy atom. The molecule has 1 amide bonds. The standard InChI is InChI=1S/C10H9BrF2N2O/c11-7-1-2-14-8(3-7)15-9(16)6-4-10(12,13)5-6/h1-3,6H,4-5H2,(H,14,15,16). The normalized spacial score (nSPS) is 18.9. The van der Waals surface area contributed by atoms with Crippen molar-refractivity contribution in [2.45, 2.75) is 18.8 Å². The lowest BCUT2D eigenvalue weighted by molar-refractivity contribution is -0.145. The highest BCUT2D eigenvalue weighted by Crippen LogP contribution is 2.42. The van der Waals surface area contributed by atoms with E-state index in [1.807, 2.05) is 0 Å². The fourth-order valence-electron chi connectivity index (χ4n) is 1.55. The van der Waals surface area contributed by atoms with Crippen molar-refractivity contribution < 1.29 is 13.6 Å². The molecule has 2 rings (SSSR count). The first-order chi connectivity index (χ1) is 7.46. The second-order valence-electron chi connectivity index (χ2n) is 3.81. The molecule has 3 nitrogen and oxygen atoms in total.